The highest BCUT2D eigenvalue weighted by Crippen LogP contribution is 2.29. The van der Waals surface area contributed by atoms with Crippen LogP contribution in [-0.2, 0) is 4.79 Å². The molecule has 1 aliphatic rings. The van der Waals surface area contributed by atoms with Crippen LogP contribution in [-0.4, -0.2) is 42.8 Å². The van der Waals surface area contributed by atoms with E-state index < -0.39 is 0 Å². The highest BCUT2D eigenvalue weighted by molar-refractivity contribution is 5.93. The number of hydrogen-bond donors (Lipinski definition) is 1. The smallest absolute Gasteiger partial charge is 0.227 e. The van der Waals surface area contributed by atoms with Crippen molar-refractivity contribution in [3.05, 3.63) is 61.1 Å². The van der Waals surface area contributed by atoms with Crippen molar-refractivity contribution >= 4 is 17.4 Å². The van der Waals surface area contributed by atoms with E-state index >= 15 is 0 Å². The number of rotatable bonds is 6. The second kappa shape index (κ2) is 8.90. The molecule has 3 heterocycles. The molecule has 4 rings (SSSR count). The number of carbonyl (C=O) groups excluding carboxylic acids is 1. The first-order chi connectivity index (χ1) is 14.7. The molecule has 0 unspecified atom stereocenters. The van der Waals surface area contributed by atoms with E-state index in [0.717, 1.165) is 37.4 Å². The summed E-state index contributed by atoms with van der Waals surface area (Å²) in [5.41, 5.74) is 1.73. The van der Waals surface area contributed by atoms with Crippen LogP contribution in [0.3, 0.4) is 0 Å². The summed E-state index contributed by atoms with van der Waals surface area (Å²) >= 11 is 0. The molecule has 7 heteroatoms. The van der Waals surface area contributed by atoms with Gasteiger partial charge in [0.15, 0.2) is 5.82 Å². The molecule has 1 aromatic carbocycles. The standard InChI is InChI=1S/C23H26N4O3/c1-29-19-14-18(15-20(16-19)30-2)25-23(28)17-7-12-27(13-8-17)22-21(6-5-9-24-22)26-10-3-4-11-26/h3-6,9-11,14-17H,7-8,12-13H2,1-2H3,(H,25,28). The summed E-state index contributed by atoms with van der Waals surface area (Å²) in [6, 6.07) is 13.4. The average molecular weight is 406 g/mol. The highest BCUT2D eigenvalue weighted by Gasteiger charge is 2.27. The summed E-state index contributed by atoms with van der Waals surface area (Å²) in [5, 5.41) is 3.01. The molecule has 0 radical (unpaired) electrons. The quantitative estimate of drug-likeness (QED) is 0.675. The SMILES string of the molecule is COc1cc(NC(=O)C2CCN(c3ncccc3-n3cccc3)CC2)cc(OC)c1. The molecule has 30 heavy (non-hydrogen) atoms. The number of amides is 1. The van der Waals surface area contributed by atoms with E-state index in [4.69, 9.17) is 9.47 Å². The van der Waals surface area contributed by atoms with Crippen LogP contribution >= 0.6 is 0 Å². The Bertz CT molecular complexity index is 973. The molecular formula is C23H26N4O3. The first-order valence-corrected chi connectivity index (χ1v) is 10.0. The Kier molecular flexibility index (Phi) is 5.88. The molecule has 0 spiro atoms. The third-order valence-electron chi connectivity index (χ3n) is 5.43. The fourth-order valence-electron chi connectivity index (χ4n) is 3.81. The Morgan fingerprint density at radius 3 is 2.33 bits per heavy atom. The van der Waals surface area contributed by atoms with E-state index in [1.54, 1.807) is 32.4 Å². The third-order valence-corrected chi connectivity index (χ3v) is 5.43. The minimum atomic E-state index is -0.0443. The van der Waals surface area contributed by atoms with E-state index in [-0.39, 0.29) is 11.8 Å². The van der Waals surface area contributed by atoms with Gasteiger partial charge in [0.2, 0.25) is 5.91 Å². The van der Waals surface area contributed by atoms with Gasteiger partial charge in [-0.05, 0) is 37.1 Å². The van der Waals surface area contributed by atoms with Crippen molar-refractivity contribution in [3.63, 3.8) is 0 Å². The van der Waals surface area contributed by atoms with Gasteiger partial charge in [0.1, 0.15) is 11.5 Å². The fraction of sp³-hybridized carbons (Fsp3) is 0.304. The Balaban J connectivity index is 1.41. The molecule has 1 fully saturated rings. The number of hydrogen-bond acceptors (Lipinski definition) is 5. The number of benzene rings is 1. The van der Waals surface area contributed by atoms with Gasteiger partial charge in [-0.3, -0.25) is 4.79 Å². The molecule has 0 aliphatic carbocycles. The summed E-state index contributed by atoms with van der Waals surface area (Å²) in [5.74, 6) is 2.22. The maximum atomic E-state index is 12.8. The lowest BCUT2D eigenvalue weighted by Gasteiger charge is -2.33. The van der Waals surface area contributed by atoms with Gasteiger partial charge in [-0.25, -0.2) is 4.98 Å². The number of ether oxygens (including phenoxy) is 2. The second-order valence-electron chi connectivity index (χ2n) is 7.29. The normalized spacial score (nSPS) is 14.4. The fourth-order valence-corrected chi connectivity index (χ4v) is 3.81. The number of piperidine rings is 1. The van der Waals surface area contributed by atoms with Crippen LogP contribution in [0.4, 0.5) is 11.5 Å². The zero-order valence-corrected chi connectivity index (χ0v) is 17.2. The van der Waals surface area contributed by atoms with Crippen molar-refractivity contribution in [1.82, 2.24) is 9.55 Å². The predicted octanol–water partition coefficient (Wildman–Crippen LogP) is 3.74. The third kappa shape index (κ3) is 4.25. The van der Waals surface area contributed by atoms with Crippen molar-refractivity contribution in [1.29, 1.82) is 0 Å². The van der Waals surface area contributed by atoms with Crippen molar-refractivity contribution < 1.29 is 14.3 Å². The largest absolute Gasteiger partial charge is 0.497 e. The average Bonchev–Trinajstić information content (AvgIpc) is 3.33. The first kappa shape index (κ1) is 19.8. The summed E-state index contributed by atoms with van der Waals surface area (Å²) < 4.78 is 12.6. The van der Waals surface area contributed by atoms with Gasteiger partial charge >= 0.3 is 0 Å². The van der Waals surface area contributed by atoms with E-state index in [0.29, 0.717) is 17.2 Å². The van der Waals surface area contributed by atoms with Crippen molar-refractivity contribution in [3.8, 4) is 17.2 Å². The predicted molar refractivity (Wildman–Crippen MR) is 117 cm³/mol. The molecular weight excluding hydrogens is 380 g/mol. The number of carbonyl (C=O) groups is 1. The van der Waals surface area contributed by atoms with Gasteiger partial charge in [0.25, 0.3) is 0 Å². The number of nitrogens with zero attached hydrogens (tertiary/aromatic N) is 3. The molecule has 0 bridgehead atoms. The van der Waals surface area contributed by atoms with Crippen molar-refractivity contribution in [2.24, 2.45) is 5.92 Å². The van der Waals surface area contributed by atoms with Gasteiger partial charge in [0, 0.05) is 61.5 Å². The number of methoxy groups -OCH3 is 2. The highest BCUT2D eigenvalue weighted by atomic mass is 16.5. The lowest BCUT2D eigenvalue weighted by molar-refractivity contribution is -0.120. The van der Waals surface area contributed by atoms with Gasteiger partial charge < -0.3 is 24.3 Å². The molecule has 1 aliphatic heterocycles. The van der Waals surface area contributed by atoms with Crippen LogP contribution in [0, 0.1) is 5.92 Å². The van der Waals surface area contributed by atoms with Crippen LogP contribution in [0.1, 0.15) is 12.8 Å². The van der Waals surface area contributed by atoms with Crippen LogP contribution in [0.5, 0.6) is 11.5 Å². The topological polar surface area (TPSA) is 68.6 Å². The van der Waals surface area contributed by atoms with Gasteiger partial charge in [-0.15, -0.1) is 0 Å². The molecule has 2 aromatic heterocycles. The molecule has 3 aromatic rings. The maximum Gasteiger partial charge on any atom is 0.227 e. The first-order valence-electron chi connectivity index (χ1n) is 10.0. The van der Waals surface area contributed by atoms with Crippen LogP contribution in [0.15, 0.2) is 61.1 Å². The number of aromatic nitrogens is 2. The summed E-state index contributed by atoms with van der Waals surface area (Å²) in [4.78, 5) is 19.7. The number of pyridine rings is 1. The zero-order valence-electron chi connectivity index (χ0n) is 17.2. The molecule has 1 saturated heterocycles. The lowest BCUT2D eigenvalue weighted by atomic mass is 9.95. The van der Waals surface area contributed by atoms with Crippen LogP contribution in [0.2, 0.25) is 0 Å². The number of nitrogens with one attached hydrogen (secondary N) is 1. The summed E-state index contributed by atoms with van der Waals surface area (Å²) in [6.45, 7) is 1.57. The maximum absolute atomic E-state index is 12.8. The lowest BCUT2D eigenvalue weighted by Crippen LogP contribution is -2.39. The van der Waals surface area contributed by atoms with E-state index in [9.17, 15) is 4.79 Å². The molecule has 156 valence electrons. The monoisotopic (exact) mass is 406 g/mol. The van der Waals surface area contributed by atoms with E-state index in [1.807, 2.05) is 36.8 Å². The number of anilines is 2. The van der Waals surface area contributed by atoms with Crippen molar-refractivity contribution in [2.45, 2.75) is 12.8 Å². The molecule has 1 amide bonds. The van der Waals surface area contributed by atoms with Gasteiger partial charge in [0.05, 0.1) is 19.9 Å². The van der Waals surface area contributed by atoms with Gasteiger partial charge in [-0.2, -0.15) is 0 Å². The van der Waals surface area contributed by atoms with Crippen LogP contribution in [0.25, 0.3) is 5.69 Å². The van der Waals surface area contributed by atoms with Gasteiger partial charge in [-0.1, -0.05) is 0 Å². The Hall–Kier alpha value is -3.48. The zero-order chi connectivity index (χ0) is 20.9. The summed E-state index contributed by atoms with van der Waals surface area (Å²) in [7, 11) is 3.19. The van der Waals surface area contributed by atoms with Crippen LogP contribution < -0.4 is 19.7 Å². The van der Waals surface area contributed by atoms with E-state index in [1.165, 1.54) is 0 Å². The molecule has 0 saturated carbocycles. The second-order valence-corrected chi connectivity index (χ2v) is 7.29. The summed E-state index contributed by atoms with van der Waals surface area (Å²) in [6.07, 6.45) is 7.40. The van der Waals surface area contributed by atoms with E-state index in [2.05, 4.69) is 25.8 Å². The Morgan fingerprint density at radius 1 is 1.03 bits per heavy atom. The minimum absolute atomic E-state index is 0.0246. The van der Waals surface area contributed by atoms with Crippen molar-refractivity contribution in [2.75, 3.05) is 37.5 Å². The Labute approximate surface area is 176 Å². The minimum Gasteiger partial charge on any atom is -0.497 e. The molecule has 1 N–H and O–H groups in total. The molecule has 0 atom stereocenters. The molecule has 7 nitrogen and oxygen atoms in total. The Morgan fingerprint density at radius 2 is 1.70 bits per heavy atom.